The van der Waals surface area contributed by atoms with Crippen molar-refractivity contribution >= 4 is 45.2 Å². The third-order valence-corrected chi connectivity index (χ3v) is 7.07. The molecule has 0 spiro atoms. The van der Waals surface area contributed by atoms with Gasteiger partial charge in [-0.25, -0.2) is 4.39 Å². The number of aromatic amines is 1. The first-order valence-corrected chi connectivity index (χ1v) is 12.5. The number of carbonyl (C=O) groups excluding carboxylic acids is 3. The second-order valence-electron chi connectivity index (χ2n) is 9.62. The van der Waals surface area contributed by atoms with E-state index in [0.717, 1.165) is 21.4 Å². The first-order valence-electron chi connectivity index (χ1n) is 12.5. The summed E-state index contributed by atoms with van der Waals surface area (Å²) in [5.41, 5.74) is 8.08. The van der Waals surface area contributed by atoms with Crippen LogP contribution in [0.3, 0.4) is 0 Å². The van der Waals surface area contributed by atoms with Crippen LogP contribution in [0.25, 0.3) is 32.9 Å². The predicted octanol–water partition coefficient (Wildman–Crippen LogP) is 3.54. The van der Waals surface area contributed by atoms with Gasteiger partial charge in [0.1, 0.15) is 18.8 Å². The van der Waals surface area contributed by atoms with Gasteiger partial charge in [-0.2, -0.15) is 10.2 Å². The highest BCUT2D eigenvalue weighted by atomic mass is 19.2. The summed E-state index contributed by atoms with van der Waals surface area (Å²) in [6.07, 6.45) is -0.155. The number of aromatic nitrogens is 4. The maximum atomic E-state index is 15.5. The van der Waals surface area contributed by atoms with Crippen LogP contribution in [0.4, 0.5) is 14.6 Å². The van der Waals surface area contributed by atoms with Crippen molar-refractivity contribution < 1.29 is 23.3 Å². The van der Waals surface area contributed by atoms with E-state index in [-0.39, 0.29) is 36.0 Å². The van der Waals surface area contributed by atoms with E-state index in [4.69, 9.17) is 5.73 Å². The number of alkyl halides is 1. The molecule has 3 heterocycles. The zero-order chi connectivity index (χ0) is 28.0. The summed E-state index contributed by atoms with van der Waals surface area (Å²) in [6, 6.07) is 17.3. The number of fused-ring (bicyclic) bond motifs is 2. The highest BCUT2D eigenvalue weighted by Crippen LogP contribution is 2.30. The van der Waals surface area contributed by atoms with Crippen LogP contribution < -0.4 is 10.9 Å². The second-order valence-corrected chi connectivity index (χ2v) is 9.62. The molecule has 0 saturated carbocycles. The van der Waals surface area contributed by atoms with Crippen LogP contribution in [0.5, 0.6) is 0 Å². The van der Waals surface area contributed by atoms with E-state index in [1.807, 2.05) is 18.2 Å². The third-order valence-electron chi connectivity index (χ3n) is 7.07. The highest BCUT2D eigenvalue weighted by Gasteiger charge is 2.42. The number of nitrogens with one attached hydrogen (secondary N) is 1. The van der Waals surface area contributed by atoms with Crippen LogP contribution in [-0.2, 0) is 16.1 Å². The van der Waals surface area contributed by atoms with Crippen LogP contribution >= 0.6 is 0 Å². The molecule has 12 heteroatoms. The molecule has 1 saturated heterocycles. The van der Waals surface area contributed by atoms with Crippen LogP contribution in [0.15, 0.2) is 72.9 Å². The lowest BCUT2D eigenvalue weighted by molar-refractivity contribution is -0.139. The molecule has 1 aliphatic rings. The number of anilines is 1. The van der Waals surface area contributed by atoms with Crippen molar-refractivity contribution in [2.24, 2.45) is 5.73 Å². The smallest absolute Gasteiger partial charge is 0.277 e. The predicted molar refractivity (Wildman–Crippen MR) is 143 cm³/mol. The first-order chi connectivity index (χ1) is 19.3. The summed E-state index contributed by atoms with van der Waals surface area (Å²) in [7, 11) is 0. The maximum Gasteiger partial charge on any atom is 0.277 e. The van der Waals surface area contributed by atoms with Gasteiger partial charge in [-0.05, 0) is 35.4 Å². The number of amides is 3. The summed E-state index contributed by atoms with van der Waals surface area (Å²) >= 11 is 0. The van der Waals surface area contributed by atoms with Crippen LogP contribution in [0.2, 0.25) is 0 Å². The standard InChI is InChI=1S/C28H23F2N7O3/c29-19-12-24(35(14-19)25(38)15-36-23-7-2-1-6-21(23)26(34-36)27(31)39)28(40)37(30)20-5-3-4-16(10-20)17-8-9-18-13-32-33-22(18)11-17/h1-11,13,19,24H,12,14-15H2,(H2,31,39)(H,32,33)/t19-,24+/m1/s1. The van der Waals surface area contributed by atoms with E-state index >= 15 is 4.48 Å². The van der Waals surface area contributed by atoms with Crippen molar-refractivity contribution in [3.05, 3.63) is 78.6 Å². The lowest BCUT2D eigenvalue weighted by atomic mass is 10.0. The molecule has 0 aliphatic carbocycles. The number of nitrogens with two attached hydrogens (primary N) is 1. The summed E-state index contributed by atoms with van der Waals surface area (Å²) in [5, 5.41) is 12.4. The molecular weight excluding hydrogens is 520 g/mol. The summed E-state index contributed by atoms with van der Waals surface area (Å²) < 4.78 is 31.3. The minimum absolute atomic E-state index is 0.0118. The van der Waals surface area contributed by atoms with E-state index in [2.05, 4.69) is 15.3 Å². The Morgan fingerprint density at radius 1 is 1.05 bits per heavy atom. The van der Waals surface area contributed by atoms with Gasteiger partial charge >= 0.3 is 0 Å². The number of hydrogen-bond acceptors (Lipinski definition) is 5. The van der Waals surface area contributed by atoms with E-state index in [1.54, 1.807) is 42.6 Å². The van der Waals surface area contributed by atoms with Gasteiger partial charge < -0.3 is 10.6 Å². The molecular formula is C28H23F2N7O3. The molecule has 1 fully saturated rings. The van der Waals surface area contributed by atoms with Crippen LogP contribution in [0.1, 0.15) is 16.9 Å². The molecule has 3 aromatic carbocycles. The van der Waals surface area contributed by atoms with Gasteiger partial charge in [0.2, 0.25) is 5.91 Å². The van der Waals surface area contributed by atoms with Gasteiger partial charge in [0.15, 0.2) is 5.69 Å². The number of primary amides is 1. The molecule has 5 aromatic rings. The normalized spacial score (nSPS) is 17.0. The molecule has 10 nitrogen and oxygen atoms in total. The zero-order valence-electron chi connectivity index (χ0n) is 21.0. The Balaban J connectivity index is 1.24. The van der Waals surface area contributed by atoms with E-state index in [1.165, 1.54) is 16.8 Å². The van der Waals surface area contributed by atoms with Crippen LogP contribution in [-0.4, -0.2) is 61.4 Å². The van der Waals surface area contributed by atoms with Crippen molar-refractivity contribution in [3.63, 3.8) is 0 Å². The molecule has 6 rings (SSSR count). The topological polar surface area (TPSA) is 130 Å². The fourth-order valence-electron chi connectivity index (χ4n) is 5.13. The lowest BCUT2D eigenvalue weighted by Gasteiger charge is -2.25. The van der Waals surface area contributed by atoms with Crippen molar-refractivity contribution in [1.82, 2.24) is 24.9 Å². The Morgan fingerprint density at radius 2 is 1.85 bits per heavy atom. The molecule has 1 aliphatic heterocycles. The molecule has 0 radical (unpaired) electrons. The van der Waals surface area contributed by atoms with E-state index < -0.39 is 29.9 Å². The Kier molecular flexibility index (Phi) is 6.21. The highest BCUT2D eigenvalue weighted by molar-refractivity contribution is 6.04. The zero-order valence-corrected chi connectivity index (χ0v) is 21.0. The number of H-pyrrole nitrogens is 1. The average molecular weight is 544 g/mol. The fourth-order valence-corrected chi connectivity index (χ4v) is 5.13. The Bertz CT molecular complexity index is 1780. The number of nitrogens with zero attached hydrogens (tertiary/aromatic N) is 5. The van der Waals surface area contributed by atoms with Crippen molar-refractivity contribution in [3.8, 4) is 11.1 Å². The molecule has 0 unspecified atom stereocenters. The Morgan fingerprint density at radius 3 is 2.67 bits per heavy atom. The first kappa shape index (κ1) is 25.2. The van der Waals surface area contributed by atoms with Gasteiger partial charge in [0.05, 0.1) is 29.5 Å². The summed E-state index contributed by atoms with van der Waals surface area (Å²) in [4.78, 5) is 39.4. The van der Waals surface area contributed by atoms with E-state index in [9.17, 15) is 18.8 Å². The number of halogens is 2. The number of rotatable bonds is 6. The SMILES string of the molecule is NC(=O)c1nn(CC(=O)N2C[C@H](F)C[C@H]2C(=O)N(F)c2cccc(-c3ccc4cn[nH]c4c3)c2)c2ccccc12. The second kappa shape index (κ2) is 9.88. The number of carbonyl (C=O) groups is 3. The Hall–Kier alpha value is -5.13. The minimum Gasteiger partial charge on any atom is -0.364 e. The Labute approximate surface area is 225 Å². The molecule has 2 atom stereocenters. The van der Waals surface area contributed by atoms with Gasteiger partial charge in [-0.15, -0.1) is 5.12 Å². The lowest BCUT2D eigenvalue weighted by Crippen LogP contribution is -2.46. The number of benzene rings is 3. The molecule has 3 N–H and O–H groups in total. The fraction of sp³-hybridized carbons (Fsp3) is 0.179. The summed E-state index contributed by atoms with van der Waals surface area (Å²) in [5.74, 6) is -2.46. The number of para-hydroxylation sites is 1. The number of likely N-dealkylation sites (tertiary alicyclic amines) is 1. The largest absolute Gasteiger partial charge is 0.364 e. The van der Waals surface area contributed by atoms with Gasteiger partial charge in [-0.1, -0.05) is 46.9 Å². The van der Waals surface area contributed by atoms with Gasteiger partial charge in [0, 0.05) is 17.2 Å². The van der Waals surface area contributed by atoms with Gasteiger partial charge in [-0.3, -0.25) is 24.2 Å². The van der Waals surface area contributed by atoms with E-state index in [0.29, 0.717) is 16.5 Å². The number of hydrogen-bond donors (Lipinski definition) is 2. The van der Waals surface area contributed by atoms with Crippen molar-refractivity contribution in [1.29, 1.82) is 0 Å². The molecule has 3 amide bonds. The maximum absolute atomic E-state index is 15.5. The quantitative estimate of drug-likeness (QED) is 0.317. The van der Waals surface area contributed by atoms with Crippen LogP contribution in [0, 0.1) is 0 Å². The third kappa shape index (κ3) is 4.42. The molecule has 0 bridgehead atoms. The van der Waals surface area contributed by atoms with Gasteiger partial charge in [0.25, 0.3) is 11.8 Å². The van der Waals surface area contributed by atoms with Crippen molar-refractivity contribution in [2.45, 2.75) is 25.2 Å². The average Bonchev–Trinajstić information content (AvgIpc) is 3.69. The molecule has 202 valence electrons. The van der Waals surface area contributed by atoms with Crippen molar-refractivity contribution in [2.75, 3.05) is 11.7 Å². The monoisotopic (exact) mass is 543 g/mol. The minimum atomic E-state index is -1.51. The molecule has 40 heavy (non-hydrogen) atoms. The summed E-state index contributed by atoms with van der Waals surface area (Å²) in [6.45, 7) is -0.753. The molecule has 2 aromatic heterocycles.